The first-order valence-electron chi connectivity index (χ1n) is 7.09. The Labute approximate surface area is 148 Å². The third-order valence-corrected chi connectivity index (χ3v) is 4.18. The van der Waals surface area contributed by atoms with Crippen molar-refractivity contribution in [1.82, 2.24) is 0 Å². The van der Waals surface area contributed by atoms with Crippen molar-refractivity contribution in [1.29, 1.82) is 0 Å². The maximum Gasteiger partial charge on any atom is 0.368 e. The lowest BCUT2D eigenvalue weighted by molar-refractivity contribution is -0.136. The Hall–Kier alpha value is -2.15. The molecule has 3 rings (SSSR count). The molecule has 1 aliphatic heterocycles. The summed E-state index contributed by atoms with van der Waals surface area (Å²) in [5.41, 5.74) is 3.96. The van der Waals surface area contributed by atoms with E-state index < -0.39 is 5.97 Å². The zero-order valence-electron chi connectivity index (χ0n) is 12.8. The first kappa shape index (κ1) is 15.7. The minimum absolute atomic E-state index is 0.421. The maximum atomic E-state index is 12.0. The van der Waals surface area contributed by atoms with E-state index in [1.165, 1.54) is 0 Å². The van der Waals surface area contributed by atoms with Gasteiger partial charge in [0, 0.05) is 28.9 Å². The van der Waals surface area contributed by atoms with Crippen molar-refractivity contribution in [3.8, 4) is 0 Å². The lowest BCUT2D eigenvalue weighted by Crippen LogP contribution is -2.08. The van der Waals surface area contributed by atoms with Gasteiger partial charge in [-0.2, -0.15) is 0 Å². The molecule has 0 atom stereocenters. The van der Waals surface area contributed by atoms with Crippen LogP contribution in [-0.2, 0) is 9.63 Å². The van der Waals surface area contributed by atoms with Gasteiger partial charge in [-0.25, -0.2) is 4.79 Å². The highest BCUT2D eigenvalue weighted by atomic mass is 127. The molecule has 2 aromatic carbocycles. The molecule has 1 heterocycles. The van der Waals surface area contributed by atoms with Crippen molar-refractivity contribution in [2.75, 3.05) is 19.0 Å². The number of nitrogens with zero attached hydrogens (tertiary/aromatic N) is 2. The summed E-state index contributed by atoms with van der Waals surface area (Å²) in [4.78, 5) is 18.9. The predicted octanol–water partition coefficient (Wildman–Crippen LogP) is 3.70. The minimum atomic E-state index is -0.421. The summed E-state index contributed by atoms with van der Waals surface area (Å²) in [5.74, 6) is -0.421. The van der Waals surface area contributed by atoms with Gasteiger partial charge >= 0.3 is 5.97 Å². The summed E-state index contributed by atoms with van der Waals surface area (Å²) >= 11 is 2.23. The number of hydrogen-bond donors (Lipinski definition) is 0. The average molecular weight is 418 g/mol. The standard InChI is InChI=1S/C18H15IN2O2/c1-21(2)15-8-6-12(7-9-15)10-16-17(20-23-18(16)22)13-4-3-5-14(19)11-13/h3-11H,1-2H3/b16-10-. The molecule has 0 bridgehead atoms. The number of oxime groups is 1. The molecule has 4 nitrogen and oxygen atoms in total. The fourth-order valence-electron chi connectivity index (χ4n) is 2.29. The molecule has 5 heteroatoms. The van der Waals surface area contributed by atoms with E-state index in [4.69, 9.17) is 4.84 Å². The summed E-state index contributed by atoms with van der Waals surface area (Å²) < 4.78 is 1.08. The molecule has 0 N–H and O–H groups in total. The van der Waals surface area contributed by atoms with Crippen molar-refractivity contribution in [3.63, 3.8) is 0 Å². The number of benzene rings is 2. The normalized spacial score (nSPS) is 15.5. The Morgan fingerprint density at radius 1 is 1.13 bits per heavy atom. The number of anilines is 1. The SMILES string of the molecule is CN(C)c1ccc(/C=C2\C(=O)ON=C2c2cccc(I)c2)cc1. The second kappa shape index (κ2) is 6.54. The van der Waals surface area contributed by atoms with Crippen LogP contribution in [0.5, 0.6) is 0 Å². The van der Waals surface area contributed by atoms with E-state index in [2.05, 4.69) is 27.7 Å². The zero-order valence-corrected chi connectivity index (χ0v) is 14.9. The van der Waals surface area contributed by atoms with E-state index in [0.717, 1.165) is 20.4 Å². The summed E-state index contributed by atoms with van der Waals surface area (Å²) in [6.45, 7) is 0. The fraction of sp³-hybridized carbons (Fsp3) is 0.111. The van der Waals surface area contributed by atoms with Crippen LogP contribution in [0.1, 0.15) is 11.1 Å². The Bertz CT molecular complexity index is 808. The molecule has 0 saturated heterocycles. The lowest BCUT2D eigenvalue weighted by atomic mass is 10.0. The van der Waals surface area contributed by atoms with Gasteiger partial charge in [-0.15, -0.1) is 0 Å². The highest BCUT2D eigenvalue weighted by Crippen LogP contribution is 2.22. The highest BCUT2D eigenvalue weighted by Gasteiger charge is 2.26. The molecular formula is C18H15IN2O2. The smallest absolute Gasteiger partial charge is 0.368 e. The molecule has 0 aromatic heterocycles. The summed E-state index contributed by atoms with van der Waals surface area (Å²) in [5, 5.41) is 3.94. The third kappa shape index (κ3) is 3.44. The number of rotatable bonds is 3. The van der Waals surface area contributed by atoms with Crippen LogP contribution in [0.15, 0.2) is 59.3 Å². The van der Waals surface area contributed by atoms with Crippen LogP contribution in [0.3, 0.4) is 0 Å². The van der Waals surface area contributed by atoms with Crippen LogP contribution < -0.4 is 4.90 Å². The number of halogens is 1. The Kier molecular flexibility index (Phi) is 4.47. The molecule has 0 fully saturated rings. The van der Waals surface area contributed by atoms with Crippen molar-refractivity contribution < 1.29 is 9.63 Å². The molecule has 0 spiro atoms. The predicted molar refractivity (Wildman–Crippen MR) is 101 cm³/mol. The first-order valence-corrected chi connectivity index (χ1v) is 8.17. The van der Waals surface area contributed by atoms with Crippen LogP contribution in [0.2, 0.25) is 0 Å². The van der Waals surface area contributed by atoms with Gasteiger partial charge in [-0.1, -0.05) is 29.4 Å². The molecular weight excluding hydrogens is 403 g/mol. The molecule has 23 heavy (non-hydrogen) atoms. The van der Waals surface area contributed by atoms with Gasteiger partial charge in [-0.3, -0.25) is 0 Å². The number of hydrogen-bond acceptors (Lipinski definition) is 4. The van der Waals surface area contributed by atoms with Gasteiger partial charge in [-0.05, 0) is 58.5 Å². The molecule has 0 aliphatic carbocycles. The van der Waals surface area contributed by atoms with Crippen molar-refractivity contribution in [2.45, 2.75) is 0 Å². The minimum Gasteiger partial charge on any atom is -0.378 e. The van der Waals surface area contributed by atoms with Gasteiger partial charge in [0.2, 0.25) is 0 Å². The lowest BCUT2D eigenvalue weighted by Gasteiger charge is -2.11. The molecule has 1 aliphatic rings. The molecule has 2 aromatic rings. The number of carbonyl (C=O) groups excluding carboxylic acids is 1. The monoisotopic (exact) mass is 418 g/mol. The Morgan fingerprint density at radius 3 is 2.52 bits per heavy atom. The van der Waals surface area contributed by atoms with Gasteiger partial charge in [0.1, 0.15) is 5.71 Å². The molecule has 0 radical (unpaired) electrons. The second-order valence-electron chi connectivity index (χ2n) is 5.37. The molecule has 0 amide bonds. The largest absolute Gasteiger partial charge is 0.378 e. The van der Waals surface area contributed by atoms with Crippen LogP contribution >= 0.6 is 22.6 Å². The second-order valence-corrected chi connectivity index (χ2v) is 6.62. The highest BCUT2D eigenvalue weighted by molar-refractivity contribution is 14.1. The quantitative estimate of drug-likeness (QED) is 0.434. The topological polar surface area (TPSA) is 41.9 Å². The van der Waals surface area contributed by atoms with Gasteiger partial charge in [0.15, 0.2) is 0 Å². The fourth-order valence-corrected chi connectivity index (χ4v) is 2.83. The van der Waals surface area contributed by atoms with Crippen LogP contribution in [0.4, 0.5) is 5.69 Å². The third-order valence-electron chi connectivity index (χ3n) is 3.51. The zero-order chi connectivity index (χ0) is 16.4. The van der Waals surface area contributed by atoms with E-state index in [0.29, 0.717) is 11.3 Å². The average Bonchev–Trinajstić information content (AvgIpc) is 2.89. The van der Waals surface area contributed by atoms with Crippen molar-refractivity contribution in [3.05, 3.63) is 68.8 Å². The summed E-state index contributed by atoms with van der Waals surface area (Å²) in [6, 6.07) is 15.8. The first-order chi connectivity index (χ1) is 11.0. The maximum absolute atomic E-state index is 12.0. The van der Waals surface area contributed by atoms with E-state index in [1.807, 2.05) is 73.6 Å². The Morgan fingerprint density at radius 2 is 1.87 bits per heavy atom. The Balaban J connectivity index is 1.96. The molecule has 0 unspecified atom stereocenters. The summed E-state index contributed by atoms with van der Waals surface area (Å²) in [7, 11) is 3.98. The van der Waals surface area contributed by atoms with E-state index in [9.17, 15) is 4.79 Å². The number of carbonyl (C=O) groups is 1. The summed E-state index contributed by atoms with van der Waals surface area (Å²) in [6.07, 6.45) is 1.81. The van der Waals surface area contributed by atoms with Crippen molar-refractivity contribution >= 4 is 46.0 Å². The van der Waals surface area contributed by atoms with E-state index in [1.54, 1.807) is 0 Å². The van der Waals surface area contributed by atoms with Crippen molar-refractivity contribution in [2.24, 2.45) is 5.16 Å². The van der Waals surface area contributed by atoms with E-state index in [-0.39, 0.29) is 0 Å². The van der Waals surface area contributed by atoms with Gasteiger partial charge in [0.05, 0.1) is 5.57 Å². The van der Waals surface area contributed by atoms with Gasteiger partial charge < -0.3 is 9.74 Å². The van der Waals surface area contributed by atoms with Gasteiger partial charge in [0.25, 0.3) is 0 Å². The van der Waals surface area contributed by atoms with Crippen LogP contribution in [-0.4, -0.2) is 25.8 Å². The van der Waals surface area contributed by atoms with Crippen LogP contribution in [0, 0.1) is 3.57 Å². The van der Waals surface area contributed by atoms with Crippen LogP contribution in [0.25, 0.3) is 6.08 Å². The molecule has 116 valence electrons. The molecule has 0 saturated carbocycles. The van der Waals surface area contributed by atoms with E-state index >= 15 is 0 Å².